The summed E-state index contributed by atoms with van der Waals surface area (Å²) < 4.78 is 27.1. The third-order valence-electron chi connectivity index (χ3n) is 4.41. The molecule has 0 amide bonds. The van der Waals surface area contributed by atoms with E-state index in [1.807, 2.05) is 18.5 Å². The lowest BCUT2D eigenvalue weighted by molar-refractivity contribution is 0.343. The van der Waals surface area contributed by atoms with E-state index in [0.29, 0.717) is 13.1 Å². The average molecular weight is 346 g/mol. The van der Waals surface area contributed by atoms with Crippen LogP contribution in [-0.4, -0.2) is 56.3 Å². The number of nitrogens with one attached hydrogen (secondary N) is 1. The van der Waals surface area contributed by atoms with Crippen LogP contribution in [0.25, 0.3) is 22.3 Å². The molecule has 1 unspecified atom stereocenters. The summed E-state index contributed by atoms with van der Waals surface area (Å²) in [5, 5.41) is 5.33. The highest BCUT2D eigenvalue weighted by molar-refractivity contribution is 7.88. The number of sulfonamides is 1. The van der Waals surface area contributed by atoms with Crippen molar-refractivity contribution in [3.05, 3.63) is 31.0 Å². The van der Waals surface area contributed by atoms with Crippen LogP contribution in [0.1, 0.15) is 12.8 Å². The second-order valence-electron chi connectivity index (χ2n) is 6.08. The molecule has 126 valence electrons. The zero-order valence-corrected chi connectivity index (χ0v) is 14.1. The van der Waals surface area contributed by atoms with Gasteiger partial charge in [0.25, 0.3) is 0 Å². The smallest absolute Gasteiger partial charge is 0.211 e. The molecule has 3 aromatic heterocycles. The lowest BCUT2D eigenvalue weighted by Gasteiger charge is -2.21. The molecule has 0 saturated carbocycles. The number of aromatic amines is 1. The lowest BCUT2D eigenvalue weighted by Crippen LogP contribution is -2.37. The Balaban J connectivity index is 1.60. The monoisotopic (exact) mass is 346 g/mol. The fourth-order valence-electron chi connectivity index (χ4n) is 3.33. The minimum Gasteiger partial charge on any atom is -0.346 e. The van der Waals surface area contributed by atoms with Crippen LogP contribution >= 0.6 is 0 Å². The van der Waals surface area contributed by atoms with Crippen molar-refractivity contribution in [2.45, 2.75) is 25.4 Å². The zero-order chi connectivity index (χ0) is 16.7. The Labute approximate surface area is 139 Å². The Hall–Kier alpha value is -2.26. The van der Waals surface area contributed by atoms with E-state index in [1.165, 1.54) is 12.6 Å². The highest BCUT2D eigenvalue weighted by Gasteiger charge is 2.31. The maximum atomic E-state index is 11.9. The standard InChI is InChI=1S/C15H18N6O2S/c1-24(22,23)21-6-2-3-12(21)9-20-8-11(7-19-20)14-13-4-5-16-15(13)18-10-17-14/h4-5,7-8,10,12H,2-3,6,9H2,1H3,(H,16,17,18). The average Bonchev–Trinajstić information content (AvgIpc) is 3.26. The topological polar surface area (TPSA) is 96.8 Å². The van der Waals surface area contributed by atoms with Gasteiger partial charge in [0.1, 0.15) is 12.0 Å². The summed E-state index contributed by atoms with van der Waals surface area (Å²) >= 11 is 0. The summed E-state index contributed by atoms with van der Waals surface area (Å²) in [5.41, 5.74) is 2.50. The van der Waals surface area contributed by atoms with Crippen molar-refractivity contribution in [1.82, 2.24) is 29.0 Å². The summed E-state index contributed by atoms with van der Waals surface area (Å²) in [4.78, 5) is 11.6. The number of hydrogen-bond donors (Lipinski definition) is 1. The first-order valence-electron chi connectivity index (χ1n) is 7.80. The number of fused-ring (bicyclic) bond motifs is 1. The van der Waals surface area contributed by atoms with Crippen molar-refractivity contribution in [1.29, 1.82) is 0 Å². The molecule has 9 heteroatoms. The minimum atomic E-state index is -3.17. The maximum Gasteiger partial charge on any atom is 0.211 e. The molecule has 24 heavy (non-hydrogen) atoms. The summed E-state index contributed by atoms with van der Waals surface area (Å²) in [6.07, 6.45) is 10.0. The first kappa shape index (κ1) is 15.3. The fraction of sp³-hybridized carbons (Fsp3) is 0.400. The molecule has 8 nitrogen and oxygen atoms in total. The minimum absolute atomic E-state index is 0.0366. The third-order valence-corrected chi connectivity index (χ3v) is 5.74. The van der Waals surface area contributed by atoms with Gasteiger partial charge in [0.15, 0.2) is 0 Å². The van der Waals surface area contributed by atoms with E-state index < -0.39 is 10.0 Å². The van der Waals surface area contributed by atoms with Gasteiger partial charge in [0.05, 0.1) is 24.7 Å². The van der Waals surface area contributed by atoms with Gasteiger partial charge in [-0.15, -0.1) is 0 Å². The van der Waals surface area contributed by atoms with Gasteiger partial charge in [-0.25, -0.2) is 18.4 Å². The quantitative estimate of drug-likeness (QED) is 0.767. The Morgan fingerprint density at radius 2 is 2.25 bits per heavy atom. The van der Waals surface area contributed by atoms with Crippen molar-refractivity contribution >= 4 is 21.1 Å². The van der Waals surface area contributed by atoms with Crippen LogP contribution in [0.4, 0.5) is 0 Å². The van der Waals surface area contributed by atoms with Gasteiger partial charge >= 0.3 is 0 Å². The molecule has 0 aliphatic carbocycles. The van der Waals surface area contributed by atoms with Crippen LogP contribution < -0.4 is 0 Å². The second-order valence-corrected chi connectivity index (χ2v) is 8.02. The summed E-state index contributed by atoms with van der Waals surface area (Å²) in [7, 11) is -3.17. The first-order valence-corrected chi connectivity index (χ1v) is 9.65. The zero-order valence-electron chi connectivity index (χ0n) is 13.3. The van der Waals surface area contributed by atoms with Gasteiger partial charge in [-0.2, -0.15) is 9.40 Å². The highest BCUT2D eigenvalue weighted by Crippen LogP contribution is 2.25. The second kappa shape index (κ2) is 5.67. The van der Waals surface area contributed by atoms with Crippen LogP contribution in [0.5, 0.6) is 0 Å². The Bertz CT molecular complexity index is 977. The SMILES string of the molecule is CS(=O)(=O)N1CCCC1Cn1cc(-c2ncnc3[nH]ccc23)cn1. The lowest BCUT2D eigenvalue weighted by atomic mass is 10.2. The predicted octanol–water partition coefficient (Wildman–Crippen LogP) is 1.25. The molecule has 4 heterocycles. The van der Waals surface area contributed by atoms with Crippen molar-refractivity contribution in [3.8, 4) is 11.3 Å². The van der Waals surface area contributed by atoms with Crippen LogP contribution in [-0.2, 0) is 16.6 Å². The van der Waals surface area contributed by atoms with Crippen molar-refractivity contribution in [3.63, 3.8) is 0 Å². The maximum absolute atomic E-state index is 11.9. The number of H-pyrrole nitrogens is 1. The number of nitrogens with zero attached hydrogens (tertiary/aromatic N) is 5. The van der Waals surface area contributed by atoms with E-state index in [0.717, 1.165) is 35.1 Å². The van der Waals surface area contributed by atoms with Crippen LogP contribution in [0.15, 0.2) is 31.0 Å². The summed E-state index contributed by atoms with van der Waals surface area (Å²) in [6, 6.07) is 1.90. The normalized spacial score (nSPS) is 19.3. The molecular weight excluding hydrogens is 328 g/mol. The van der Waals surface area contributed by atoms with Gasteiger partial charge in [-0.1, -0.05) is 0 Å². The first-order chi connectivity index (χ1) is 11.5. The van der Waals surface area contributed by atoms with E-state index in [-0.39, 0.29) is 6.04 Å². The van der Waals surface area contributed by atoms with Gasteiger partial charge in [0, 0.05) is 35.9 Å². The molecule has 1 aliphatic rings. The molecule has 1 atom stereocenters. The van der Waals surface area contributed by atoms with Crippen LogP contribution in [0, 0.1) is 0 Å². The molecule has 0 bridgehead atoms. The van der Waals surface area contributed by atoms with Gasteiger partial charge < -0.3 is 4.98 Å². The largest absolute Gasteiger partial charge is 0.346 e. The number of hydrogen-bond acceptors (Lipinski definition) is 5. The Kier molecular flexibility index (Phi) is 3.61. The van der Waals surface area contributed by atoms with E-state index >= 15 is 0 Å². The molecule has 0 spiro atoms. The molecule has 4 rings (SSSR count). The Morgan fingerprint density at radius 1 is 1.38 bits per heavy atom. The van der Waals surface area contributed by atoms with Crippen molar-refractivity contribution in [2.24, 2.45) is 0 Å². The molecule has 3 aromatic rings. The Morgan fingerprint density at radius 3 is 3.08 bits per heavy atom. The van der Waals surface area contributed by atoms with E-state index in [9.17, 15) is 8.42 Å². The van der Waals surface area contributed by atoms with E-state index in [1.54, 1.807) is 15.2 Å². The highest BCUT2D eigenvalue weighted by atomic mass is 32.2. The summed E-state index contributed by atoms with van der Waals surface area (Å²) in [5.74, 6) is 0. The molecule has 1 aliphatic heterocycles. The number of rotatable bonds is 4. The predicted molar refractivity (Wildman–Crippen MR) is 89.7 cm³/mol. The molecule has 0 radical (unpaired) electrons. The molecule has 1 fully saturated rings. The molecule has 1 saturated heterocycles. The summed E-state index contributed by atoms with van der Waals surface area (Å²) in [6.45, 7) is 1.14. The fourth-order valence-corrected chi connectivity index (χ4v) is 4.51. The number of aromatic nitrogens is 5. The van der Waals surface area contributed by atoms with Gasteiger partial charge in [0.2, 0.25) is 10.0 Å². The van der Waals surface area contributed by atoms with Crippen molar-refractivity contribution < 1.29 is 8.42 Å². The van der Waals surface area contributed by atoms with Crippen molar-refractivity contribution in [2.75, 3.05) is 12.8 Å². The molecule has 0 aromatic carbocycles. The molecular formula is C15H18N6O2S. The van der Waals surface area contributed by atoms with Gasteiger partial charge in [-0.05, 0) is 18.9 Å². The molecule has 1 N–H and O–H groups in total. The van der Waals surface area contributed by atoms with E-state index in [2.05, 4.69) is 20.1 Å². The van der Waals surface area contributed by atoms with Gasteiger partial charge in [-0.3, -0.25) is 4.68 Å². The van der Waals surface area contributed by atoms with Crippen LogP contribution in [0.3, 0.4) is 0 Å². The third kappa shape index (κ3) is 2.69. The van der Waals surface area contributed by atoms with E-state index in [4.69, 9.17) is 0 Å². The van der Waals surface area contributed by atoms with Crippen LogP contribution in [0.2, 0.25) is 0 Å².